The first-order valence-electron chi connectivity index (χ1n) is 5.38. The molecule has 0 unspecified atom stereocenters. The summed E-state index contributed by atoms with van der Waals surface area (Å²) < 4.78 is 13.5. The van der Waals surface area contributed by atoms with Crippen LogP contribution >= 0.6 is 11.6 Å². The van der Waals surface area contributed by atoms with Crippen molar-refractivity contribution in [3.63, 3.8) is 0 Å². The van der Waals surface area contributed by atoms with Gasteiger partial charge < -0.3 is 4.90 Å². The molecule has 0 amide bonds. The van der Waals surface area contributed by atoms with Gasteiger partial charge in [-0.15, -0.1) is 0 Å². The van der Waals surface area contributed by atoms with E-state index in [2.05, 4.69) is 9.97 Å². The van der Waals surface area contributed by atoms with Crippen molar-refractivity contribution in [3.8, 4) is 0 Å². The number of aryl methyl sites for hydroxylation is 1. The summed E-state index contributed by atoms with van der Waals surface area (Å²) in [6.07, 6.45) is 0. The molecular formula is C12H13ClFN3. The van der Waals surface area contributed by atoms with Gasteiger partial charge in [-0.3, -0.25) is 0 Å². The first kappa shape index (κ1) is 12.0. The van der Waals surface area contributed by atoms with Gasteiger partial charge in [0.05, 0.1) is 5.52 Å². The van der Waals surface area contributed by atoms with Gasteiger partial charge in [-0.2, -0.15) is 4.98 Å². The van der Waals surface area contributed by atoms with Gasteiger partial charge in [0.15, 0.2) is 0 Å². The molecule has 17 heavy (non-hydrogen) atoms. The van der Waals surface area contributed by atoms with Crippen molar-refractivity contribution in [2.24, 2.45) is 0 Å². The molecule has 0 aliphatic carbocycles. The first-order valence-corrected chi connectivity index (χ1v) is 5.76. The summed E-state index contributed by atoms with van der Waals surface area (Å²) in [5, 5.41) is 0.958. The molecule has 0 radical (unpaired) electrons. The maximum absolute atomic E-state index is 13.5. The fraction of sp³-hybridized carbons (Fsp3) is 0.333. The van der Waals surface area contributed by atoms with Crippen molar-refractivity contribution >= 4 is 28.3 Å². The van der Waals surface area contributed by atoms with Crippen LogP contribution < -0.4 is 4.90 Å². The number of rotatable bonds is 2. The zero-order valence-corrected chi connectivity index (χ0v) is 10.7. The Hall–Kier alpha value is -1.42. The zero-order valence-electron chi connectivity index (χ0n) is 9.96. The smallest absolute Gasteiger partial charge is 0.224 e. The number of halogens is 2. The second-order valence-corrected chi connectivity index (χ2v) is 4.24. The van der Waals surface area contributed by atoms with Crippen molar-refractivity contribution in [2.45, 2.75) is 13.8 Å². The highest BCUT2D eigenvalue weighted by Gasteiger charge is 2.13. The Kier molecular flexibility index (Phi) is 3.15. The van der Waals surface area contributed by atoms with E-state index in [9.17, 15) is 4.39 Å². The Bertz CT molecular complexity index is 571. The third kappa shape index (κ3) is 2.05. The molecule has 1 heterocycles. The van der Waals surface area contributed by atoms with Crippen LogP contribution in [-0.2, 0) is 0 Å². The summed E-state index contributed by atoms with van der Waals surface area (Å²) in [6, 6.07) is 3.12. The van der Waals surface area contributed by atoms with E-state index in [1.54, 1.807) is 13.0 Å². The van der Waals surface area contributed by atoms with Gasteiger partial charge in [0.25, 0.3) is 0 Å². The molecule has 2 rings (SSSR count). The predicted molar refractivity (Wildman–Crippen MR) is 68.2 cm³/mol. The summed E-state index contributed by atoms with van der Waals surface area (Å²) in [5.41, 5.74) is 1.07. The molecule has 0 spiro atoms. The van der Waals surface area contributed by atoms with E-state index in [4.69, 9.17) is 11.6 Å². The SMILES string of the molecule is CCN(C)c1nc(Cl)nc2c(C)c(F)ccc12. The number of fused-ring (bicyclic) bond motifs is 1. The van der Waals surface area contributed by atoms with Crippen molar-refractivity contribution in [1.82, 2.24) is 9.97 Å². The maximum atomic E-state index is 13.5. The largest absolute Gasteiger partial charge is 0.359 e. The van der Waals surface area contributed by atoms with Gasteiger partial charge in [0, 0.05) is 24.5 Å². The quantitative estimate of drug-likeness (QED) is 0.770. The Morgan fingerprint density at radius 3 is 2.71 bits per heavy atom. The minimum Gasteiger partial charge on any atom is -0.359 e. The van der Waals surface area contributed by atoms with Gasteiger partial charge in [-0.25, -0.2) is 9.37 Å². The highest BCUT2D eigenvalue weighted by atomic mass is 35.5. The lowest BCUT2D eigenvalue weighted by atomic mass is 10.1. The van der Waals surface area contributed by atoms with Crippen molar-refractivity contribution in [3.05, 3.63) is 28.8 Å². The number of hydrogen-bond donors (Lipinski definition) is 0. The number of aromatic nitrogens is 2. The van der Waals surface area contributed by atoms with Crippen LogP contribution in [0.25, 0.3) is 10.9 Å². The van der Waals surface area contributed by atoms with Crippen LogP contribution in [0.2, 0.25) is 5.28 Å². The Balaban J connectivity index is 2.81. The molecule has 0 fully saturated rings. The predicted octanol–water partition coefficient (Wildman–Crippen LogP) is 3.19. The summed E-state index contributed by atoms with van der Waals surface area (Å²) in [7, 11) is 1.91. The van der Waals surface area contributed by atoms with E-state index in [0.717, 1.165) is 17.7 Å². The Morgan fingerprint density at radius 1 is 1.35 bits per heavy atom. The van der Waals surface area contributed by atoms with Gasteiger partial charge in [-0.05, 0) is 37.6 Å². The van der Waals surface area contributed by atoms with Gasteiger partial charge >= 0.3 is 0 Å². The molecule has 1 aromatic heterocycles. The van der Waals surface area contributed by atoms with E-state index in [-0.39, 0.29) is 11.1 Å². The fourth-order valence-electron chi connectivity index (χ4n) is 1.71. The van der Waals surface area contributed by atoms with E-state index in [1.165, 1.54) is 6.07 Å². The van der Waals surface area contributed by atoms with Crippen molar-refractivity contribution in [1.29, 1.82) is 0 Å². The summed E-state index contributed by atoms with van der Waals surface area (Å²) in [6.45, 7) is 4.49. The first-order chi connectivity index (χ1) is 8.04. The molecule has 0 saturated carbocycles. The van der Waals surface area contributed by atoms with Gasteiger partial charge in [-0.1, -0.05) is 0 Å². The number of hydrogen-bond acceptors (Lipinski definition) is 3. The zero-order chi connectivity index (χ0) is 12.6. The molecule has 0 aliphatic heterocycles. The monoisotopic (exact) mass is 253 g/mol. The van der Waals surface area contributed by atoms with Crippen LogP contribution in [0.1, 0.15) is 12.5 Å². The molecule has 1 aromatic carbocycles. The summed E-state index contributed by atoms with van der Waals surface area (Å²) in [4.78, 5) is 10.3. The van der Waals surface area contributed by atoms with Crippen LogP contribution in [0.4, 0.5) is 10.2 Å². The molecule has 0 atom stereocenters. The van der Waals surface area contributed by atoms with E-state index in [0.29, 0.717) is 11.1 Å². The highest BCUT2D eigenvalue weighted by molar-refractivity contribution is 6.28. The van der Waals surface area contributed by atoms with Crippen LogP contribution in [0.3, 0.4) is 0 Å². The van der Waals surface area contributed by atoms with Crippen LogP contribution in [0, 0.1) is 12.7 Å². The Morgan fingerprint density at radius 2 is 2.06 bits per heavy atom. The number of benzene rings is 1. The lowest BCUT2D eigenvalue weighted by Gasteiger charge is -2.18. The normalized spacial score (nSPS) is 10.9. The highest BCUT2D eigenvalue weighted by Crippen LogP contribution is 2.27. The van der Waals surface area contributed by atoms with Crippen LogP contribution in [0.5, 0.6) is 0 Å². The van der Waals surface area contributed by atoms with E-state index in [1.807, 2.05) is 18.9 Å². The average molecular weight is 254 g/mol. The number of anilines is 1. The van der Waals surface area contributed by atoms with Crippen molar-refractivity contribution < 1.29 is 4.39 Å². The second-order valence-electron chi connectivity index (χ2n) is 3.90. The lowest BCUT2D eigenvalue weighted by molar-refractivity contribution is 0.620. The molecular weight excluding hydrogens is 241 g/mol. The minimum atomic E-state index is -0.280. The topological polar surface area (TPSA) is 29.0 Å². The molecule has 3 nitrogen and oxygen atoms in total. The third-order valence-corrected chi connectivity index (χ3v) is 3.01. The van der Waals surface area contributed by atoms with Crippen LogP contribution in [0.15, 0.2) is 12.1 Å². The van der Waals surface area contributed by atoms with E-state index < -0.39 is 0 Å². The average Bonchev–Trinajstić information content (AvgIpc) is 2.32. The fourth-order valence-corrected chi connectivity index (χ4v) is 1.87. The van der Waals surface area contributed by atoms with Gasteiger partial charge in [0.2, 0.25) is 5.28 Å². The van der Waals surface area contributed by atoms with Gasteiger partial charge in [0.1, 0.15) is 11.6 Å². The van der Waals surface area contributed by atoms with Crippen molar-refractivity contribution in [2.75, 3.05) is 18.5 Å². The second kappa shape index (κ2) is 4.45. The molecule has 0 aliphatic rings. The summed E-state index contributed by atoms with van der Waals surface area (Å²) in [5.74, 6) is 0.447. The van der Waals surface area contributed by atoms with E-state index >= 15 is 0 Å². The van der Waals surface area contributed by atoms with Crippen LogP contribution in [-0.4, -0.2) is 23.6 Å². The Labute approximate surface area is 104 Å². The standard InChI is InChI=1S/C12H13ClFN3/c1-4-17(3)11-8-5-6-9(14)7(2)10(8)15-12(13)16-11/h5-6H,4H2,1-3H3. The lowest BCUT2D eigenvalue weighted by Crippen LogP contribution is -2.18. The molecule has 0 saturated heterocycles. The molecule has 0 N–H and O–H groups in total. The number of nitrogens with zero attached hydrogens (tertiary/aromatic N) is 3. The molecule has 0 bridgehead atoms. The molecule has 2 aromatic rings. The minimum absolute atomic E-state index is 0.140. The maximum Gasteiger partial charge on any atom is 0.224 e. The molecule has 90 valence electrons. The summed E-state index contributed by atoms with van der Waals surface area (Å²) >= 11 is 5.88. The molecule has 5 heteroatoms. The third-order valence-electron chi connectivity index (χ3n) is 2.84.